The molecule has 61 heavy (non-hydrogen) atoms. The van der Waals surface area contributed by atoms with Gasteiger partial charge in [0.05, 0.1) is 6.04 Å². The highest BCUT2D eigenvalue weighted by Crippen LogP contribution is 2.09. The highest BCUT2D eigenvalue weighted by Gasteiger charge is 2.27. The molecule has 0 fully saturated rings. The summed E-state index contributed by atoms with van der Waals surface area (Å²) in [5, 5.41) is 13.7. The van der Waals surface area contributed by atoms with E-state index in [1.807, 2.05) is 0 Å². The van der Waals surface area contributed by atoms with E-state index in [4.69, 9.17) is 26.0 Å². The van der Waals surface area contributed by atoms with E-state index in [2.05, 4.69) is 176 Å². The van der Waals surface area contributed by atoms with Crippen LogP contribution in [-0.4, -0.2) is 83.1 Å². The fourth-order valence-corrected chi connectivity index (χ4v) is 4.24. The molecule has 7 N–H and O–H groups in total. The van der Waals surface area contributed by atoms with Crippen LogP contribution in [0.5, 0.6) is 0 Å². The summed E-state index contributed by atoms with van der Waals surface area (Å²) in [6, 6.07) is -3.58. The molecular formula is C47H72N4O9S. The van der Waals surface area contributed by atoms with Gasteiger partial charge in [-0.1, -0.05) is 18.8 Å². The third-order valence-electron chi connectivity index (χ3n) is 5.91. The number of nitrogens with two attached hydrogens (primary N) is 2. The second-order valence-electron chi connectivity index (χ2n) is 10.4. The van der Waals surface area contributed by atoms with Crippen molar-refractivity contribution in [2.75, 3.05) is 18.1 Å². The zero-order valence-electron chi connectivity index (χ0n) is 32.8. The number of hydrogen-bond acceptors (Lipinski definition) is 10. The molecule has 0 aliphatic carbocycles. The van der Waals surface area contributed by atoms with E-state index in [9.17, 15) is 28.8 Å². The van der Waals surface area contributed by atoms with Crippen molar-refractivity contribution < 1.29 is 71.9 Å². The summed E-state index contributed by atoms with van der Waals surface area (Å²) in [6.07, 6.45) is -1.69. The maximum absolute atomic E-state index is 12.8. The van der Waals surface area contributed by atoms with Crippen LogP contribution in [0.15, 0.2) is 0 Å². The number of amides is 3. The minimum atomic E-state index is -1.27. The molecule has 0 aromatic heterocycles. The Labute approximate surface area is 389 Å². The van der Waals surface area contributed by atoms with E-state index in [0.29, 0.717) is 0 Å². The summed E-state index contributed by atoms with van der Waals surface area (Å²) >= 11 is 1.04. The first-order chi connectivity index (χ1) is 29.4. The molecule has 4 atom stereocenters. The van der Waals surface area contributed by atoms with Crippen molar-refractivity contribution in [3.05, 3.63) is 0 Å². The predicted octanol–water partition coefficient (Wildman–Crippen LogP) is 3.24. The number of carbonyl (C=O) groups is 6. The van der Waals surface area contributed by atoms with E-state index < -0.39 is 72.9 Å². The number of thioether (sulfide) groups is 1. The van der Waals surface area contributed by atoms with Gasteiger partial charge in [0.1, 0.15) is 24.8 Å². The van der Waals surface area contributed by atoms with Gasteiger partial charge >= 0.3 is 17.9 Å². The van der Waals surface area contributed by atoms with Crippen LogP contribution < -0.4 is 22.1 Å². The van der Waals surface area contributed by atoms with Crippen molar-refractivity contribution in [1.29, 1.82) is 0 Å². The van der Waals surface area contributed by atoms with Gasteiger partial charge in [-0.2, -0.15) is 11.8 Å². The van der Waals surface area contributed by atoms with E-state index >= 15 is 0 Å². The van der Waals surface area contributed by atoms with Gasteiger partial charge in [-0.3, -0.25) is 19.2 Å². The lowest BCUT2D eigenvalue weighted by molar-refractivity contribution is -0.150. The molecule has 0 heterocycles. The quantitative estimate of drug-likeness (QED) is 0.0862. The van der Waals surface area contributed by atoms with E-state index in [1.54, 1.807) is 20.8 Å². The first-order valence-corrected chi connectivity index (χ1v) is 18.3. The molecule has 0 aromatic rings. The monoisotopic (exact) mass is 869 g/mol. The molecule has 0 saturated heterocycles. The highest BCUT2D eigenvalue weighted by molar-refractivity contribution is 7.99. The Bertz CT molecular complexity index is 2690. The maximum Gasteiger partial charge on any atom is 0.385 e. The van der Waals surface area contributed by atoms with Crippen molar-refractivity contribution in [1.82, 2.24) is 10.6 Å². The molecule has 0 rings (SSSR count). The van der Waals surface area contributed by atoms with Gasteiger partial charge in [-0.25, -0.2) is 9.59 Å². The first kappa shape index (κ1) is 52.0. The van der Waals surface area contributed by atoms with Crippen LogP contribution in [0.3, 0.4) is 0 Å². The Hall–Kier alpha value is -9.03. The Morgan fingerprint density at radius 1 is 0.607 bits per heavy atom. The average Bonchev–Trinajstić information content (AvgIpc) is 3.23. The Morgan fingerprint density at radius 2 is 1.02 bits per heavy atom. The van der Waals surface area contributed by atoms with Crippen molar-refractivity contribution >= 4 is 47.4 Å². The summed E-state index contributed by atoms with van der Waals surface area (Å²) in [5.41, 5.74) is 11.3. The van der Waals surface area contributed by atoms with Gasteiger partial charge in [-0.05, 0) is 169 Å². The second kappa shape index (κ2) is 35.4. The number of aliphatic carboxylic acids is 1. The number of primary amides is 1. The minimum absolute atomic E-state index is 0. The lowest BCUT2D eigenvalue weighted by Crippen LogP contribution is -2.55. The molecule has 0 radical (unpaired) electrons. The molecule has 3 amide bonds. The van der Waals surface area contributed by atoms with E-state index in [-0.39, 0.29) is 52.9 Å². The van der Waals surface area contributed by atoms with Gasteiger partial charge in [-0.15, -0.1) is 0 Å². The molecule has 0 bridgehead atoms. The van der Waals surface area contributed by atoms with Crippen molar-refractivity contribution in [2.24, 2.45) is 11.5 Å². The standard InChI is InChI=1S/C47H32N4O9S.20H2/c1-4-7-9-11-13-15-17-19-21-23-25-27-29-31-43(54)59-35-38(60-44(55)32-30-28-26-24-22-20-18-16-14-12-10-8-5-2)36-61-37-39(48)46(57)50-40(6-3)47(58)51-41(45(49)56)33-34-42(52)53;;;;;;;;;;;;;;;;;;;;/h38-41H,6,33-37,48H2,1-3H3,(H2,49,56)(H,50,57)(H,51,58)(H,52,53);20*1H/t38-,39+,40+,41-;;;;;;;;;;;;;;;;;;;;/m1..................../s1. The fourth-order valence-electron chi connectivity index (χ4n) is 3.28. The predicted molar refractivity (Wildman–Crippen MR) is 269 cm³/mol. The molecule has 0 aromatic carbocycles. The lowest BCUT2D eigenvalue weighted by atomic mass is 10.1. The Balaban J connectivity index is -0.0000000947. The smallest absolute Gasteiger partial charge is 0.385 e. The molecule has 13 nitrogen and oxygen atoms in total. The third-order valence-corrected chi connectivity index (χ3v) is 7.12. The van der Waals surface area contributed by atoms with Crippen LogP contribution in [-0.2, 0) is 38.2 Å². The van der Waals surface area contributed by atoms with Crippen molar-refractivity contribution in [2.45, 2.75) is 64.3 Å². The van der Waals surface area contributed by atoms with Crippen LogP contribution >= 0.6 is 11.8 Å². The number of nitrogens with one attached hydrogen (secondary N) is 2. The van der Waals surface area contributed by atoms with Crippen molar-refractivity contribution in [3.63, 3.8) is 0 Å². The molecule has 0 unspecified atom stereocenters. The van der Waals surface area contributed by atoms with Crippen LogP contribution in [0, 0.1) is 166 Å². The van der Waals surface area contributed by atoms with Crippen LogP contribution in [0.4, 0.5) is 0 Å². The van der Waals surface area contributed by atoms with Gasteiger partial charge in [0.25, 0.3) is 0 Å². The van der Waals surface area contributed by atoms with Crippen molar-refractivity contribution in [3.8, 4) is 166 Å². The zero-order valence-corrected chi connectivity index (χ0v) is 33.6. The van der Waals surface area contributed by atoms with Gasteiger partial charge in [0, 0.05) is 58.3 Å². The average molecular weight is 869 g/mol. The molecule has 0 saturated carbocycles. The molecule has 0 spiro atoms. The number of carboxylic acid groups (broad SMARTS) is 1. The number of hydrogen-bond donors (Lipinski definition) is 5. The number of ether oxygens (including phenoxy) is 2. The number of esters is 2. The number of rotatable bonds is 16. The summed E-state index contributed by atoms with van der Waals surface area (Å²) in [6.45, 7) is 4.39. The Kier molecular flexibility index (Phi) is 30.2. The minimum Gasteiger partial charge on any atom is -0.481 e. The number of carboxylic acids is 1. The molecule has 340 valence electrons. The molecule has 0 aliphatic rings. The third kappa shape index (κ3) is 30.8. The van der Waals surface area contributed by atoms with Gasteiger partial charge in [0.2, 0.25) is 17.7 Å². The topological polar surface area (TPSA) is 217 Å². The molecule has 0 aliphatic heterocycles. The summed E-state index contributed by atoms with van der Waals surface area (Å²) in [5.74, 6) is 61.8. The normalized spacial score (nSPS) is 9.51. The largest absolute Gasteiger partial charge is 0.481 e. The van der Waals surface area contributed by atoms with Crippen LogP contribution in [0.1, 0.15) is 68.6 Å². The lowest BCUT2D eigenvalue weighted by Gasteiger charge is -2.22. The first-order valence-electron chi connectivity index (χ1n) is 17.1. The molecular weight excluding hydrogens is 797 g/mol. The zero-order chi connectivity index (χ0) is 45.4. The Morgan fingerprint density at radius 3 is 1.43 bits per heavy atom. The summed E-state index contributed by atoms with van der Waals surface area (Å²) in [4.78, 5) is 72.8. The SMILES string of the molecule is CC#CC#CC#CC#CC#CC#CC#CC(=O)OC[C@H](CSC[C@H](N)C(=O)N[C@@H](CC)C(=O)N[C@H](CCC(=O)O)C(N)=O)OC(=O)C#CC#CC#CC#CC#CC#CC#CC.[HH].[HH].[HH].[HH].[HH].[HH].[HH].[HH].[HH].[HH].[HH].[HH].[HH].[HH].[HH].[HH].[HH].[HH].[HH].[HH]. The fraction of sp³-hybridized carbons (Fsp3) is 0.277. The van der Waals surface area contributed by atoms with E-state index in [0.717, 1.165) is 11.8 Å². The second-order valence-corrected chi connectivity index (χ2v) is 11.5. The van der Waals surface area contributed by atoms with Gasteiger partial charge in [0.15, 0.2) is 0 Å². The highest BCUT2D eigenvalue weighted by atomic mass is 32.2. The van der Waals surface area contributed by atoms with E-state index in [1.165, 1.54) is 0 Å². The summed E-state index contributed by atoms with van der Waals surface area (Å²) in [7, 11) is 0. The molecule has 14 heteroatoms. The maximum atomic E-state index is 12.8. The summed E-state index contributed by atoms with van der Waals surface area (Å²) < 4.78 is 10.4. The van der Waals surface area contributed by atoms with Gasteiger partial charge < -0.3 is 36.7 Å². The number of carbonyl (C=O) groups excluding carboxylic acids is 5. The van der Waals surface area contributed by atoms with Crippen LogP contribution in [0.2, 0.25) is 0 Å². The van der Waals surface area contributed by atoms with Crippen LogP contribution in [0.25, 0.3) is 0 Å².